The zero-order chi connectivity index (χ0) is 10.6. The largest absolute Gasteiger partial charge is 0.496 e. The smallest absolute Gasteiger partial charge is 0.123 e. The van der Waals surface area contributed by atoms with Crippen LogP contribution in [-0.4, -0.2) is 14.2 Å². The molecule has 0 radical (unpaired) electrons. The first-order valence-corrected chi connectivity index (χ1v) is 5.48. The van der Waals surface area contributed by atoms with Gasteiger partial charge in [0, 0.05) is 22.6 Å². The highest BCUT2D eigenvalue weighted by Gasteiger charge is 2.08. The zero-order valence-electron chi connectivity index (χ0n) is 8.28. The maximum Gasteiger partial charge on any atom is 0.123 e. The van der Waals surface area contributed by atoms with Crippen molar-refractivity contribution in [3.05, 3.63) is 23.3 Å². The van der Waals surface area contributed by atoms with Crippen LogP contribution in [0, 0.1) is 0 Å². The number of hydrogen-bond acceptors (Lipinski definition) is 4. The highest BCUT2D eigenvalue weighted by Crippen LogP contribution is 2.30. The van der Waals surface area contributed by atoms with E-state index in [1.807, 2.05) is 12.1 Å². The van der Waals surface area contributed by atoms with E-state index in [9.17, 15) is 0 Å². The highest BCUT2D eigenvalue weighted by atomic mass is 32.1. The molecular weight excluding hydrogens is 216 g/mol. The lowest BCUT2D eigenvalue weighted by Gasteiger charge is -2.12. The third kappa shape index (κ3) is 2.30. The van der Waals surface area contributed by atoms with Crippen LogP contribution in [-0.2, 0) is 11.5 Å². The Labute approximate surface area is 95.4 Å². The van der Waals surface area contributed by atoms with E-state index in [2.05, 4.69) is 25.3 Å². The van der Waals surface area contributed by atoms with Crippen LogP contribution >= 0.6 is 25.3 Å². The number of methoxy groups -OCH3 is 2. The molecule has 0 saturated heterocycles. The minimum absolute atomic E-state index is 0.631. The summed E-state index contributed by atoms with van der Waals surface area (Å²) in [6.07, 6.45) is 0. The van der Waals surface area contributed by atoms with Gasteiger partial charge in [-0.25, -0.2) is 0 Å². The van der Waals surface area contributed by atoms with Crippen molar-refractivity contribution in [2.24, 2.45) is 0 Å². The first kappa shape index (κ1) is 11.6. The fourth-order valence-electron chi connectivity index (χ4n) is 1.27. The maximum atomic E-state index is 5.24. The van der Waals surface area contributed by atoms with Gasteiger partial charge in [0.05, 0.1) is 14.2 Å². The van der Waals surface area contributed by atoms with Crippen LogP contribution in [0.25, 0.3) is 0 Å². The van der Waals surface area contributed by atoms with Crippen molar-refractivity contribution in [1.29, 1.82) is 0 Å². The van der Waals surface area contributed by atoms with E-state index in [-0.39, 0.29) is 0 Å². The van der Waals surface area contributed by atoms with Crippen molar-refractivity contribution in [2.45, 2.75) is 11.5 Å². The fourth-order valence-corrected chi connectivity index (χ4v) is 1.77. The van der Waals surface area contributed by atoms with E-state index in [1.165, 1.54) is 0 Å². The van der Waals surface area contributed by atoms with Crippen LogP contribution in [0.2, 0.25) is 0 Å². The second kappa shape index (κ2) is 5.41. The van der Waals surface area contributed by atoms with Crippen molar-refractivity contribution < 1.29 is 9.47 Å². The standard InChI is InChI=1S/C10H14O2S2/c1-11-9-3-8(6-14)10(12-2)4-7(9)5-13/h3-4,13-14H,5-6H2,1-2H3. The van der Waals surface area contributed by atoms with Gasteiger partial charge in [-0.2, -0.15) is 25.3 Å². The third-order valence-corrected chi connectivity index (χ3v) is 2.71. The van der Waals surface area contributed by atoms with Gasteiger partial charge in [0.15, 0.2) is 0 Å². The van der Waals surface area contributed by atoms with Crippen molar-refractivity contribution in [3.8, 4) is 11.5 Å². The summed E-state index contributed by atoms with van der Waals surface area (Å²) in [7, 11) is 3.30. The molecule has 0 amide bonds. The predicted molar refractivity (Wildman–Crippen MR) is 64.9 cm³/mol. The zero-order valence-corrected chi connectivity index (χ0v) is 10.1. The van der Waals surface area contributed by atoms with E-state index in [1.54, 1.807) is 14.2 Å². The topological polar surface area (TPSA) is 18.5 Å². The third-order valence-electron chi connectivity index (χ3n) is 2.02. The molecule has 1 rings (SSSR count). The quantitative estimate of drug-likeness (QED) is 0.775. The Balaban J connectivity index is 3.20. The maximum absolute atomic E-state index is 5.24. The Morgan fingerprint density at radius 3 is 1.50 bits per heavy atom. The molecule has 0 spiro atoms. The van der Waals surface area contributed by atoms with E-state index in [4.69, 9.17) is 9.47 Å². The molecule has 0 saturated carbocycles. The molecule has 14 heavy (non-hydrogen) atoms. The van der Waals surface area contributed by atoms with E-state index < -0.39 is 0 Å². The van der Waals surface area contributed by atoms with Gasteiger partial charge >= 0.3 is 0 Å². The van der Waals surface area contributed by atoms with E-state index in [0.717, 1.165) is 22.6 Å². The van der Waals surface area contributed by atoms with Gasteiger partial charge in [-0.15, -0.1) is 0 Å². The molecule has 1 aromatic rings. The Morgan fingerprint density at radius 1 is 0.929 bits per heavy atom. The molecule has 0 fully saturated rings. The Hall–Kier alpha value is -0.480. The van der Waals surface area contributed by atoms with E-state index >= 15 is 0 Å². The summed E-state index contributed by atoms with van der Waals surface area (Å²) in [5.41, 5.74) is 2.05. The van der Waals surface area contributed by atoms with Crippen LogP contribution in [0.5, 0.6) is 11.5 Å². The van der Waals surface area contributed by atoms with Crippen LogP contribution in [0.1, 0.15) is 11.1 Å². The van der Waals surface area contributed by atoms with Crippen molar-refractivity contribution in [3.63, 3.8) is 0 Å². The molecule has 4 heteroatoms. The van der Waals surface area contributed by atoms with E-state index in [0.29, 0.717) is 11.5 Å². The lowest BCUT2D eigenvalue weighted by atomic mass is 10.1. The van der Waals surface area contributed by atoms with Crippen molar-refractivity contribution in [2.75, 3.05) is 14.2 Å². The minimum Gasteiger partial charge on any atom is -0.496 e. The number of hydrogen-bond donors (Lipinski definition) is 2. The Kier molecular flexibility index (Phi) is 4.48. The monoisotopic (exact) mass is 230 g/mol. The summed E-state index contributed by atoms with van der Waals surface area (Å²) in [5, 5.41) is 0. The summed E-state index contributed by atoms with van der Waals surface area (Å²) in [6, 6.07) is 3.88. The predicted octanol–water partition coefficient (Wildman–Crippen LogP) is 2.56. The molecular formula is C10H14O2S2. The van der Waals surface area contributed by atoms with Gasteiger partial charge in [-0.3, -0.25) is 0 Å². The lowest BCUT2D eigenvalue weighted by molar-refractivity contribution is 0.397. The lowest BCUT2D eigenvalue weighted by Crippen LogP contribution is -1.95. The molecule has 78 valence electrons. The summed E-state index contributed by atoms with van der Waals surface area (Å²) in [6.45, 7) is 0. The van der Waals surface area contributed by atoms with Gasteiger partial charge in [0.1, 0.15) is 11.5 Å². The van der Waals surface area contributed by atoms with Crippen molar-refractivity contribution >= 4 is 25.3 Å². The van der Waals surface area contributed by atoms with Crippen LogP contribution in [0.4, 0.5) is 0 Å². The molecule has 0 N–H and O–H groups in total. The van der Waals surface area contributed by atoms with Crippen LogP contribution < -0.4 is 9.47 Å². The second-order valence-corrected chi connectivity index (χ2v) is 3.42. The average Bonchev–Trinajstić information content (AvgIpc) is 2.26. The molecule has 0 bridgehead atoms. The number of rotatable bonds is 4. The molecule has 0 aliphatic rings. The average molecular weight is 230 g/mol. The summed E-state index contributed by atoms with van der Waals surface area (Å²) >= 11 is 8.46. The van der Waals surface area contributed by atoms with Gasteiger partial charge in [0.2, 0.25) is 0 Å². The summed E-state index contributed by atoms with van der Waals surface area (Å²) in [4.78, 5) is 0. The van der Waals surface area contributed by atoms with Gasteiger partial charge in [-0.1, -0.05) is 0 Å². The summed E-state index contributed by atoms with van der Waals surface area (Å²) in [5.74, 6) is 2.94. The first-order chi connectivity index (χ1) is 6.76. The molecule has 0 aliphatic heterocycles. The van der Waals surface area contributed by atoms with Gasteiger partial charge in [0.25, 0.3) is 0 Å². The molecule has 0 atom stereocenters. The van der Waals surface area contributed by atoms with Crippen LogP contribution in [0.15, 0.2) is 12.1 Å². The Morgan fingerprint density at radius 2 is 1.29 bits per heavy atom. The van der Waals surface area contributed by atoms with Gasteiger partial charge in [-0.05, 0) is 12.1 Å². The number of benzene rings is 1. The normalized spacial score (nSPS) is 10.0. The van der Waals surface area contributed by atoms with Crippen LogP contribution in [0.3, 0.4) is 0 Å². The molecule has 2 nitrogen and oxygen atoms in total. The number of ether oxygens (including phenoxy) is 2. The first-order valence-electron chi connectivity index (χ1n) is 4.22. The Bertz CT molecular complexity index is 255. The molecule has 0 aliphatic carbocycles. The SMILES string of the molecule is COc1cc(CS)c(OC)cc1CS. The summed E-state index contributed by atoms with van der Waals surface area (Å²) < 4.78 is 10.5. The highest BCUT2D eigenvalue weighted by molar-refractivity contribution is 7.79. The van der Waals surface area contributed by atoms with Gasteiger partial charge < -0.3 is 9.47 Å². The second-order valence-electron chi connectivity index (χ2n) is 2.79. The molecule has 0 aromatic heterocycles. The molecule has 1 aromatic carbocycles. The molecule has 0 heterocycles. The van der Waals surface area contributed by atoms with Crippen molar-refractivity contribution in [1.82, 2.24) is 0 Å². The number of thiol groups is 2. The fraction of sp³-hybridized carbons (Fsp3) is 0.400. The molecule has 0 unspecified atom stereocenters. The minimum atomic E-state index is 0.631.